The van der Waals surface area contributed by atoms with Gasteiger partial charge in [0, 0.05) is 23.1 Å². The van der Waals surface area contributed by atoms with Crippen LogP contribution < -0.4 is 10.6 Å². The lowest BCUT2D eigenvalue weighted by Gasteiger charge is -2.11. The summed E-state index contributed by atoms with van der Waals surface area (Å²) >= 11 is 1.47. The third-order valence-corrected chi connectivity index (χ3v) is 4.39. The van der Waals surface area contributed by atoms with Gasteiger partial charge in [0.2, 0.25) is 5.91 Å². The summed E-state index contributed by atoms with van der Waals surface area (Å²) < 4.78 is 4.93. The van der Waals surface area contributed by atoms with Crippen LogP contribution in [0.15, 0.2) is 29.1 Å². The number of nitrogens with one attached hydrogen (secondary N) is 2. The predicted octanol–water partition coefficient (Wildman–Crippen LogP) is 2.51. The molecule has 0 spiro atoms. The molecule has 2 aromatic rings. The van der Waals surface area contributed by atoms with E-state index in [0.717, 1.165) is 35.5 Å². The number of furan rings is 1. The largest absolute Gasteiger partial charge is 0.472 e. The lowest BCUT2D eigenvalue weighted by atomic mass is 10.1. The van der Waals surface area contributed by atoms with Gasteiger partial charge < -0.3 is 15.1 Å². The van der Waals surface area contributed by atoms with Crippen molar-refractivity contribution in [2.45, 2.75) is 13.0 Å². The van der Waals surface area contributed by atoms with E-state index in [-0.39, 0.29) is 5.91 Å². The maximum atomic E-state index is 11.9. The molecule has 0 radical (unpaired) electrons. The Kier molecular flexibility index (Phi) is 3.86. The van der Waals surface area contributed by atoms with E-state index in [9.17, 15) is 10.1 Å². The second-order valence-electron chi connectivity index (χ2n) is 4.63. The number of nitrogens with zero attached hydrogens (tertiary/aromatic N) is 1. The minimum atomic E-state index is -0.251. The van der Waals surface area contributed by atoms with Crippen molar-refractivity contribution >= 4 is 28.3 Å². The van der Waals surface area contributed by atoms with E-state index < -0.39 is 0 Å². The van der Waals surface area contributed by atoms with E-state index in [4.69, 9.17) is 4.42 Å². The molecule has 3 heterocycles. The molecule has 21 heavy (non-hydrogen) atoms. The van der Waals surface area contributed by atoms with E-state index >= 15 is 0 Å². The van der Waals surface area contributed by atoms with Gasteiger partial charge in [-0.2, -0.15) is 5.26 Å². The average Bonchev–Trinajstić information content (AvgIpc) is 3.12. The van der Waals surface area contributed by atoms with Gasteiger partial charge in [0.1, 0.15) is 11.1 Å². The third-order valence-electron chi connectivity index (χ3n) is 3.25. The first-order valence-electron chi connectivity index (χ1n) is 6.54. The van der Waals surface area contributed by atoms with Crippen molar-refractivity contribution in [3.8, 4) is 6.07 Å². The number of nitriles is 1. The molecule has 6 heteroatoms. The van der Waals surface area contributed by atoms with Crippen molar-refractivity contribution in [1.29, 1.82) is 5.26 Å². The third kappa shape index (κ3) is 2.89. The SMILES string of the molecule is N#Cc1c(NC(=O)/C=C\c2ccoc2)sc2c1CCNC2. The van der Waals surface area contributed by atoms with Crippen LogP contribution >= 0.6 is 11.3 Å². The Balaban J connectivity index is 1.77. The van der Waals surface area contributed by atoms with E-state index in [1.165, 1.54) is 17.4 Å². The van der Waals surface area contributed by atoms with Gasteiger partial charge in [-0.3, -0.25) is 4.79 Å². The van der Waals surface area contributed by atoms with Gasteiger partial charge in [0.25, 0.3) is 0 Å². The number of carbonyl (C=O) groups excluding carboxylic acids is 1. The molecule has 0 fully saturated rings. The number of amides is 1. The summed E-state index contributed by atoms with van der Waals surface area (Å²) in [5, 5.41) is 16.0. The quantitative estimate of drug-likeness (QED) is 0.854. The molecular formula is C15H13N3O2S. The molecule has 0 saturated carbocycles. The monoisotopic (exact) mass is 299 g/mol. The average molecular weight is 299 g/mol. The normalized spacial score (nSPS) is 13.9. The Morgan fingerprint density at radius 3 is 3.24 bits per heavy atom. The molecule has 3 rings (SSSR count). The van der Waals surface area contributed by atoms with Gasteiger partial charge in [-0.1, -0.05) is 0 Å². The van der Waals surface area contributed by atoms with Crippen molar-refractivity contribution in [3.05, 3.63) is 46.2 Å². The van der Waals surface area contributed by atoms with Crippen LogP contribution in [0.1, 0.15) is 21.6 Å². The molecule has 2 aromatic heterocycles. The van der Waals surface area contributed by atoms with E-state index in [1.807, 2.05) is 0 Å². The molecular weight excluding hydrogens is 286 g/mol. The molecule has 5 nitrogen and oxygen atoms in total. The van der Waals surface area contributed by atoms with Gasteiger partial charge in [-0.15, -0.1) is 11.3 Å². The number of thiophene rings is 1. The lowest BCUT2D eigenvalue weighted by molar-refractivity contribution is -0.111. The number of hydrogen-bond donors (Lipinski definition) is 2. The van der Waals surface area contributed by atoms with Gasteiger partial charge in [-0.05, 0) is 30.7 Å². The molecule has 1 amide bonds. The number of hydrogen-bond acceptors (Lipinski definition) is 5. The van der Waals surface area contributed by atoms with Crippen molar-refractivity contribution < 1.29 is 9.21 Å². The number of rotatable bonds is 3. The minimum absolute atomic E-state index is 0.251. The number of carbonyl (C=O) groups is 1. The second-order valence-corrected chi connectivity index (χ2v) is 5.73. The molecule has 1 aliphatic heterocycles. The maximum absolute atomic E-state index is 11.9. The molecule has 0 aromatic carbocycles. The summed E-state index contributed by atoms with van der Waals surface area (Å²) in [6.45, 7) is 1.63. The van der Waals surface area contributed by atoms with E-state index in [0.29, 0.717) is 10.6 Å². The second kappa shape index (κ2) is 5.95. The van der Waals surface area contributed by atoms with Crippen LogP contribution in [0.2, 0.25) is 0 Å². The van der Waals surface area contributed by atoms with Gasteiger partial charge >= 0.3 is 0 Å². The minimum Gasteiger partial charge on any atom is -0.472 e. The van der Waals surface area contributed by atoms with Gasteiger partial charge in [0.05, 0.1) is 18.1 Å². The maximum Gasteiger partial charge on any atom is 0.249 e. The number of fused-ring (bicyclic) bond motifs is 1. The highest BCUT2D eigenvalue weighted by Gasteiger charge is 2.21. The first kappa shape index (κ1) is 13.6. The van der Waals surface area contributed by atoms with Crippen LogP contribution in [0.4, 0.5) is 5.00 Å². The van der Waals surface area contributed by atoms with Crippen LogP contribution in [-0.2, 0) is 17.8 Å². The van der Waals surface area contributed by atoms with Crippen molar-refractivity contribution in [2.24, 2.45) is 0 Å². The fraction of sp³-hybridized carbons (Fsp3) is 0.200. The summed E-state index contributed by atoms with van der Waals surface area (Å²) in [7, 11) is 0. The summed E-state index contributed by atoms with van der Waals surface area (Å²) in [4.78, 5) is 13.1. The Hall–Kier alpha value is -2.36. The molecule has 0 unspecified atom stereocenters. The van der Waals surface area contributed by atoms with Crippen molar-refractivity contribution in [3.63, 3.8) is 0 Å². The zero-order valence-electron chi connectivity index (χ0n) is 11.2. The molecule has 0 aliphatic carbocycles. The predicted molar refractivity (Wildman–Crippen MR) is 80.8 cm³/mol. The fourth-order valence-electron chi connectivity index (χ4n) is 2.24. The highest BCUT2D eigenvalue weighted by Crippen LogP contribution is 2.34. The van der Waals surface area contributed by atoms with Crippen molar-refractivity contribution in [1.82, 2.24) is 5.32 Å². The van der Waals surface area contributed by atoms with Crippen LogP contribution in [-0.4, -0.2) is 12.5 Å². The molecule has 1 aliphatic rings. The Bertz CT molecular complexity index is 723. The molecule has 106 valence electrons. The Labute approximate surface area is 125 Å². The smallest absolute Gasteiger partial charge is 0.249 e. The molecule has 0 bridgehead atoms. The molecule has 2 N–H and O–H groups in total. The summed E-state index contributed by atoms with van der Waals surface area (Å²) in [6.07, 6.45) is 7.03. The van der Waals surface area contributed by atoms with Crippen LogP contribution in [0.3, 0.4) is 0 Å². The summed E-state index contributed by atoms with van der Waals surface area (Å²) in [5.74, 6) is -0.251. The molecule has 0 saturated heterocycles. The van der Waals surface area contributed by atoms with Crippen LogP contribution in [0.25, 0.3) is 6.08 Å². The first-order valence-corrected chi connectivity index (χ1v) is 7.36. The van der Waals surface area contributed by atoms with E-state index in [2.05, 4.69) is 16.7 Å². The zero-order valence-corrected chi connectivity index (χ0v) is 12.0. The molecule has 0 atom stereocenters. The van der Waals surface area contributed by atoms with Crippen molar-refractivity contribution in [2.75, 3.05) is 11.9 Å². The standard InChI is InChI=1S/C15H13N3O2S/c16-7-12-11-3-5-17-8-13(11)21-15(12)18-14(19)2-1-10-4-6-20-9-10/h1-2,4,6,9,17H,3,5,8H2,(H,18,19)/b2-1-. The van der Waals surface area contributed by atoms with Crippen LogP contribution in [0, 0.1) is 11.3 Å². The first-order chi connectivity index (χ1) is 10.3. The highest BCUT2D eigenvalue weighted by atomic mass is 32.1. The van der Waals surface area contributed by atoms with E-state index in [1.54, 1.807) is 24.7 Å². The van der Waals surface area contributed by atoms with Gasteiger partial charge in [0.15, 0.2) is 0 Å². The van der Waals surface area contributed by atoms with Gasteiger partial charge in [-0.25, -0.2) is 0 Å². The van der Waals surface area contributed by atoms with Crippen LogP contribution in [0.5, 0.6) is 0 Å². The fourth-order valence-corrected chi connectivity index (χ4v) is 3.41. The highest BCUT2D eigenvalue weighted by molar-refractivity contribution is 7.16. The lowest BCUT2D eigenvalue weighted by Crippen LogP contribution is -2.22. The zero-order chi connectivity index (χ0) is 14.7. The number of anilines is 1. The Morgan fingerprint density at radius 2 is 2.48 bits per heavy atom. The summed E-state index contributed by atoms with van der Waals surface area (Å²) in [5.41, 5.74) is 2.48. The Morgan fingerprint density at radius 1 is 1.57 bits per heavy atom. The topological polar surface area (TPSA) is 78.1 Å². The summed E-state index contributed by atoms with van der Waals surface area (Å²) in [6, 6.07) is 3.97.